The van der Waals surface area contributed by atoms with Crippen LogP contribution in [0, 0.1) is 6.92 Å². The van der Waals surface area contributed by atoms with Gasteiger partial charge in [-0.3, -0.25) is 4.72 Å². The van der Waals surface area contributed by atoms with Crippen LogP contribution in [-0.2, 0) is 64.4 Å². The molecule has 0 aliphatic carbocycles. The molecule has 2 N–H and O–H groups in total. The first kappa shape index (κ1) is 76.0. The van der Waals surface area contributed by atoms with E-state index in [0.717, 1.165) is 155 Å². The Labute approximate surface area is 551 Å². The Balaban J connectivity index is 0.000000249. The summed E-state index contributed by atoms with van der Waals surface area (Å²) < 4.78 is 97.9. The van der Waals surface area contributed by atoms with Gasteiger partial charge in [0.2, 0.25) is 0 Å². The molecular weight excluding hydrogens is 1250 g/mol. The fraction of sp³-hybridized carbons (Fsp3) is 0.549. The summed E-state index contributed by atoms with van der Waals surface area (Å²) >= 11 is 7.66. The predicted molar refractivity (Wildman–Crippen MR) is 378 cm³/mol. The Morgan fingerprint density at radius 3 is 1.44 bits per heavy atom. The van der Waals surface area contributed by atoms with Crippen LogP contribution in [0.1, 0.15) is 199 Å². The quantitative estimate of drug-likeness (QED) is 0.0405. The normalized spacial score (nSPS) is 14.1. The van der Waals surface area contributed by atoms with Gasteiger partial charge in [-0.1, -0.05) is 160 Å². The van der Waals surface area contributed by atoms with Crippen molar-refractivity contribution >= 4 is 73.8 Å². The number of sulfone groups is 3. The Hall–Kier alpha value is -4.69. The highest BCUT2D eigenvalue weighted by Crippen LogP contribution is 2.36. The Morgan fingerprint density at radius 2 is 0.967 bits per heavy atom. The molecule has 0 unspecified atom stereocenters. The molecule has 90 heavy (non-hydrogen) atoms. The third-order valence-electron chi connectivity index (χ3n) is 16.8. The number of piperidine rings is 1. The predicted octanol–water partition coefficient (Wildman–Crippen LogP) is 16.9. The van der Waals surface area contributed by atoms with Crippen molar-refractivity contribution < 1.29 is 38.8 Å². The van der Waals surface area contributed by atoms with Crippen molar-refractivity contribution in [2.45, 2.75) is 222 Å². The second-order valence-electron chi connectivity index (χ2n) is 27.0. The molecule has 0 atom stereocenters. The van der Waals surface area contributed by atoms with E-state index < -0.39 is 59.4 Å². The molecule has 0 amide bonds. The van der Waals surface area contributed by atoms with E-state index in [4.69, 9.17) is 11.6 Å². The van der Waals surface area contributed by atoms with Crippen molar-refractivity contribution in [3.63, 3.8) is 0 Å². The van der Waals surface area contributed by atoms with Gasteiger partial charge in [-0.05, 0) is 204 Å². The van der Waals surface area contributed by atoms with Gasteiger partial charge in [0.05, 0.1) is 42.0 Å². The summed E-state index contributed by atoms with van der Waals surface area (Å²) in [7, 11) is -12.6. The highest BCUT2D eigenvalue weighted by atomic mass is 35.5. The minimum absolute atomic E-state index is 0.240. The first-order chi connectivity index (χ1) is 42.2. The molecule has 1 aliphatic rings. The summed E-state index contributed by atoms with van der Waals surface area (Å²) in [5.74, 6) is 0.856. The second-order valence-corrected chi connectivity index (χ2v) is 38.7. The van der Waals surface area contributed by atoms with Gasteiger partial charge in [-0.15, -0.1) is 10.2 Å². The Kier molecular flexibility index (Phi) is 29.6. The highest BCUT2D eigenvalue weighted by molar-refractivity contribution is 7.93. The summed E-state index contributed by atoms with van der Waals surface area (Å²) in [5.41, 5.74) is 6.92. The van der Waals surface area contributed by atoms with Gasteiger partial charge in [0.25, 0.3) is 10.0 Å². The second kappa shape index (κ2) is 35.0. The zero-order chi connectivity index (χ0) is 66.3. The van der Waals surface area contributed by atoms with Gasteiger partial charge >= 0.3 is 0 Å². The van der Waals surface area contributed by atoms with Crippen molar-refractivity contribution in [1.82, 2.24) is 10.2 Å². The van der Waals surface area contributed by atoms with Crippen LogP contribution in [0.15, 0.2) is 132 Å². The van der Waals surface area contributed by atoms with E-state index in [1.54, 1.807) is 116 Å². The zero-order valence-corrected chi connectivity index (χ0v) is 60.1. The third kappa shape index (κ3) is 25.0. The van der Waals surface area contributed by atoms with Gasteiger partial charge in [0, 0.05) is 41.5 Å². The van der Waals surface area contributed by atoms with Gasteiger partial charge < -0.3 is 10.0 Å². The van der Waals surface area contributed by atoms with E-state index in [0.29, 0.717) is 35.1 Å². The number of hydrogen-bond acceptors (Lipinski definition) is 13. The SMILES string of the molecule is CC(C)(C)S(=O)(=O)CCCCCCCc1ccc(NS(=O)(=O)c2ccccc2)cc1.CC(C)(C)S(=O)(=O)CCCCCCCc1nnc(-c2ccccc2)s1.Cc1cc(N2CCC(O)(c3ccc(Cl)cc3)CC2)ccc1CCCCCCCS(=O)(=O)C(C)(C)C. The van der Waals surface area contributed by atoms with Crippen molar-refractivity contribution in [2.24, 2.45) is 0 Å². The van der Waals surface area contributed by atoms with Crippen LogP contribution in [0.3, 0.4) is 0 Å². The van der Waals surface area contributed by atoms with Gasteiger partial charge in [0.1, 0.15) is 10.0 Å². The van der Waals surface area contributed by atoms with Gasteiger partial charge in [-0.2, -0.15) is 0 Å². The number of aliphatic hydroxyl groups is 1. The molecule has 1 fully saturated rings. The van der Waals surface area contributed by atoms with Crippen molar-refractivity contribution in [2.75, 3.05) is 40.0 Å². The average molecular weight is 1350 g/mol. The summed E-state index contributed by atoms with van der Waals surface area (Å²) in [6.45, 7) is 19.7. The number of anilines is 2. The van der Waals surface area contributed by atoms with Gasteiger partial charge in [-0.25, -0.2) is 33.7 Å². The lowest BCUT2D eigenvalue weighted by molar-refractivity contribution is 0.0118. The minimum atomic E-state index is -3.57. The fourth-order valence-corrected chi connectivity index (χ4v) is 15.9. The number of aromatic nitrogens is 2. The van der Waals surface area contributed by atoms with Crippen LogP contribution in [0.25, 0.3) is 10.6 Å². The molecule has 1 aliphatic heterocycles. The van der Waals surface area contributed by atoms with Crippen LogP contribution in [0.5, 0.6) is 0 Å². The maximum atomic E-state index is 12.4. The molecule has 0 saturated carbocycles. The fourth-order valence-electron chi connectivity index (χ4n) is 10.3. The van der Waals surface area contributed by atoms with Crippen molar-refractivity contribution in [1.29, 1.82) is 0 Å². The molecule has 2 heterocycles. The number of benzene rings is 5. The monoisotopic (exact) mass is 1350 g/mol. The number of halogens is 1. The number of nitrogens with one attached hydrogen (secondary N) is 1. The molecular formula is C71H103ClN4O9S5. The standard InChI is InChI=1S/C29H42ClNO3S.C23H33NO4S2.C19H28N2O2S2/c1-23-22-27(31-19-17-29(32,18-20-31)25-12-14-26(30)15-13-25)16-11-24(23)10-8-6-5-7-9-21-35(33,34)28(2,3)4;1-23(2,3)29(25,26)19-11-6-4-5-8-12-20-15-17-21(18-16-20)24-30(27,28)22-13-9-7-10-14-22;1-19(2,3)25(22,23)15-11-6-4-5-10-14-17-20-21-18(24-17)16-12-8-7-9-13-16/h11-16,22,32H,5-10,17-21H2,1-4H3;7,9-10,13-18,24H,4-6,8,11-12,19H2,1-3H3;7-9,12-13H,4-6,10-11,14-15H2,1-3H3. The highest BCUT2D eigenvalue weighted by Gasteiger charge is 2.35. The van der Waals surface area contributed by atoms with Crippen LogP contribution >= 0.6 is 22.9 Å². The number of rotatable bonds is 30. The van der Waals surface area contributed by atoms with Crippen LogP contribution in [-0.4, -0.2) is 93.6 Å². The van der Waals surface area contributed by atoms with E-state index in [1.165, 1.54) is 16.8 Å². The largest absolute Gasteiger partial charge is 0.385 e. The summed E-state index contributed by atoms with van der Waals surface area (Å²) in [4.78, 5) is 2.61. The number of hydrogen-bond donors (Lipinski definition) is 2. The molecule has 5 aromatic carbocycles. The molecule has 6 aromatic rings. The van der Waals surface area contributed by atoms with Crippen LogP contribution in [0.2, 0.25) is 5.02 Å². The number of aryl methyl sites for hydroxylation is 4. The molecule has 13 nitrogen and oxygen atoms in total. The molecule has 0 bridgehead atoms. The lowest BCUT2D eigenvalue weighted by Gasteiger charge is -2.40. The summed E-state index contributed by atoms with van der Waals surface area (Å²) in [6.07, 6.45) is 19.2. The maximum absolute atomic E-state index is 12.4. The average Bonchev–Trinajstić information content (AvgIpc) is 1.17. The van der Waals surface area contributed by atoms with E-state index >= 15 is 0 Å². The van der Waals surface area contributed by atoms with Crippen molar-refractivity contribution in [3.05, 3.63) is 160 Å². The zero-order valence-electron chi connectivity index (χ0n) is 55.3. The maximum Gasteiger partial charge on any atom is 0.261 e. The topological polar surface area (TPSA) is 198 Å². The van der Waals surface area contributed by atoms with E-state index in [-0.39, 0.29) is 10.6 Å². The molecule has 0 radical (unpaired) electrons. The van der Waals surface area contributed by atoms with Crippen LogP contribution < -0.4 is 9.62 Å². The lowest BCUT2D eigenvalue weighted by Crippen LogP contribution is -2.42. The number of unbranched alkanes of at least 4 members (excludes halogenated alkanes) is 12. The Bertz CT molecular complexity index is 3560. The van der Waals surface area contributed by atoms with Gasteiger partial charge in [0.15, 0.2) is 29.5 Å². The summed E-state index contributed by atoms with van der Waals surface area (Å²) in [6, 6.07) is 40.2. The van der Waals surface area contributed by atoms with E-state index in [9.17, 15) is 38.8 Å². The minimum Gasteiger partial charge on any atom is -0.385 e. The Morgan fingerprint density at radius 1 is 0.522 bits per heavy atom. The molecule has 1 aromatic heterocycles. The molecule has 19 heteroatoms. The van der Waals surface area contributed by atoms with Crippen molar-refractivity contribution in [3.8, 4) is 10.6 Å². The smallest absolute Gasteiger partial charge is 0.261 e. The van der Waals surface area contributed by atoms with Crippen LogP contribution in [0.4, 0.5) is 11.4 Å². The first-order valence-electron chi connectivity index (χ1n) is 32.3. The lowest BCUT2D eigenvalue weighted by atomic mass is 9.84. The molecule has 7 rings (SSSR count). The molecule has 498 valence electrons. The first-order valence-corrected chi connectivity index (χ1v) is 39.9. The third-order valence-corrected chi connectivity index (χ3v) is 27.5. The molecule has 0 spiro atoms. The summed E-state index contributed by atoms with van der Waals surface area (Å²) in [5, 5.41) is 22.4. The number of sulfonamides is 1. The van der Waals surface area contributed by atoms with E-state index in [1.807, 2.05) is 54.6 Å². The number of nitrogens with zero attached hydrogens (tertiary/aromatic N) is 3. The van der Waals surface area contributed by atoms with E-state index in [2.05, 4.69) is 57.1 Å². The molecule has 1 saturated heterocycles.